The molecule has 0 atom stereocenters. The molecule has 0 radical (unpaired) electrons. The first kappa shape index (κ1) is 11.1. The zero-order valence-electron chi connectivity index (χ0n) is 5.62. The first-order chi connectivity index (χ1) is 5.41. The Bertz CT molecular complexity index is 293. The Hall–Kier alpha value is 1.05. The average molecular weight is 353 g/mol. The number of hydrogen-bond acceptors (Lipinski definition) is 0. The van der Waals surface area contributed by atoms with Crippen LogP contribution < -0.4 is 0 Å². The molecule has 0 amide bonds. The lowest BCUT2D eigenvalue weighted by Gasteiger charge is -2.11. The van der Waals surface area contributed by atoms with Crippen LogP contribution in [-0.2, 0) is 3.79 Å². The number of hydrogen-bond donors (Lipinski definition) is 0. The van der Waals surface area contributed by atoms with Crippen LogP contribution in [0, 0.1) is 0 Å². The zero-order chi connectivity index (χ0) is 9.35. The fourth-order valence-electron chi connectivity index (χ4n) is 0.672. The van der Waals surface area contributed by atoms with Crippen LogP contribution in [-0.4, -0.2) is 0 Å². The summed E-state index contributed by atoms with van der Waals surface area (Å²) in [6.07, 6.45) is 0. The minimum Gasteiger partial charge on any atom is -0.0784 e. The number of benzene rings is 1. The summed E-state index contributed by atoms with van der Waals surface area (Å²) < 4.78 is 0.440. The Morgan fingerprint density at radius 1 is 1.00 bits per heavy atom. The highest BCUT2D eigenvalue weighted by molar-refractivity contribution is 9.13. The molecule has 0 saturated carbocycles. The number of halogens is 5. The van der Waals surface area contributed by atoms with Crippen molar-refractivity contribution in [1.29, 1.82) is 0 Å². The predicted octanol–water partition coefficient (Wildman–Crippen LogP) is 5.04. The van der Waals surface area contributed by atoms with E-state index in [1.54, 1.807) is 12.1 Å². The molecule has 1 rings (SSSR count). The molecular weight excluding hydrogens is 350 g/mol. The highest BCUT2D eigenvalue weighted by Crippen LogP contribution is 2.40. The molecule has 0 fully saturated rings. The van der Waals surface area contributed by atoms with Gasteiger partial charge in [-0.3, -0.25) is 0 Å². The summed E-state index contributed by atoms with van der Waals surface area (Å²) in [5.41, 5.74) is 0.641. The summed E-state index contributed by atoms with van der Waals surface area (Å²) in [6.45, 7) is 0. The Kier molecular flexibility index (Phi) is 3.76. The third kappa shape index (κ3) is 2.78. The first-order valence-electron chi connectivity index (χ1n) is 2.93. The van der Waals surface area contributed by atoms with E-state index in [4.69, 9.17) is 34.8 Å². The predicted molar refractivity (Wildman–Crippen MR) is 61.1 cm³/mol. The summed E-state index contributed by atoms with van der Waals surface area (Å²) in [6, 6.07) is 5.33. The quantitative estimate of drug-likeness (QED) is 0.574. The second-order valence-corrected chi connectivity index (χ2v) is 6.12. The van der Waals surface area contributed by atoms with E-state index in [1.807, 2.05) is 6.07 Å². The third-order valence-electron chi connectivity index (χ3n) is 1.25. The van der Waals surface area contributed by atoms with Gasteiger partial charge in [-0.15, -0.1) is 0 Å². The topological polar surface area (TPSA) is 0 Å². The summed E-state index contributed by atoms with van der Waals surface area (Å²) in [4.78, 5) is 0. The molecule has 1 aromatic rings. The molecule has 0 aliphatic heterocycles. The van der Waals surface area contributed by atoms with E-state index >= 15 is 0 Å². The zero-order valence-corrected chi connectivity index (χ0v) is 11.1. The van der Waals surface area contributed by atoms with E-state index in [0.717, 1.165) is 8.95 Å². The van der Waals surface area contributed by atoms with Gasteiger partial charge in [-0.2, -0.15) is 0 Å². The van der Waals surface area contributed by atoms with Crippen LogP contribution in [0.3, 0.4) is 0 Å². The first-order valence-corrected chi connectivity index (χ1v) is 5.65. The smallest absolute Gasteiger partial charge is 0.0784 e. The minimum atomic E-state index is -1.36. The monoisotopic (exact) mass is 350 g/mol. The highest BCUT2D eigenvalue weighted by Gasteiger charge is 2.22. The normalized spacial score (nSPS) is 11.8. The van der Waals surface area contributed by atoms with Gasteiger partial charge in [-0.1, -0.05) is 40.9 Å². The summed E-state index contributed by atoms with van der Waals surface area (Å²) >= 11 is 23.7. The van der Waals surface area contributed by atoms with Gasteiger partial charge in [0.05, 0.1) is 0 Å². The Morgan fingerprint density at radius 2 is 1.58 bits per heavy atom. The second kappa shape index (κ2) is 4.05. The van der Waals surface area contributed by atoms with Crippen LogP contribution >= 0.6 is 66.7 Å². The van der Waals surface area contributed by atoms with Gasteiger partial charge in [-0.05, 0) is 44.0 Å². The van der Waals surface area contributed by atoms with Crippen molar-refractivity contribution in [3.05, 3.63) is 32.7 Å². The van der Waals surface area contributed by atoms with Crippen LogP contribution in [0.1, 0.15) is 5.56 Å². The Balaban J connectivity index is 3.14. The molecule has 0 aliphatic carbocycles. The molecule has 0 saturated heterocycles. The molecule has 0 unspecified atom stereocenters. The van der Waals surface area contributed by atoms with Crippen LogP contribution in [0.25, 0.3) is 0 Å². The molecule has 0 aliphatic rings. The second-order valence-electron chi connectivity index (χ2n) is 2.13. The fraction of sp³-hybridized carbons (Fsp3) is 0.143. The Labute approximate surface area is 102 Å². The summed E-state index contributed by atoms with van der Waals surface area (Å²) in [5, 5.41) is 0. The maximum absolute atomic E-state index is 5.68. The number of alkyl halides is 3. The largest absolute Gasteiger partial charge is 0.216 e. The molecule has 0 N–H and O–H groups in total. The third-order valence-corrected chi connectivity index (χ3v) is 3.78. The molecule has 0 nitrogen and oxygen atoms in total. The van der Waals surface area contributed by atoms with E-state index < -0.39 is 3.79 Å². The van der Waals surface area contributed by atoms with Gasteiger partial charge in [-0.25, -0.2) is 0 Å². The van der Waals surface area contributed by atoms with Gasteiger partial charge in [0.2, 0.25) is 3.79 Å². The van der Waals surface area contributed by atoms with Gasteiger partial charge in [0.15, 0.2) is 0 Å². The molecule has 12 heavy (non-hydrogen) atoms. The SMILES string of the molecule is ClC(Cl)(Cl)c1ccc(Br)c(Br)c1. The lowest BCUT2D eigenvalue weighted by Crippen LogP contribution is -1.99. The van der Waals surface area contributed by atoms with Crippen molar-refractivity contribution in [2.45, 2.75) is 3.79 Å². The maximum Gasteiger partial charge on any atom is 0.216 e. The van der Waals surface area contributed by atoms with Crippen LogP contribution in [0.15, 0.2) is 27.1 Å². The van der Waals surface area contributed by atoms with Gasteiger partial charge in [0.25, 0.3) is 0 Å². The molecule has 1 aromatic carbocycles. The van der Waals surface area contributed by atoms with Crippen molar-refractivity contribution in [3.63, 3.8) is 0 Å². The van der Waals surface area contributed by atoms with Gasteiger partial charge >= 0.3 is 0 Å². The highest BCUT2D eigenvalue weighted by atomic mass is 79.9. The Morgan fingerprint density at radius 3 is 2.00 bits per heavy atom. The van der Waals surface area contributed by atoms with Gasteiger partial charge in [0.1, 0.15) is 0 Å². The lowest BCUT2D eigenvalue weighted by atomic mass is 10.2. The van der Waals surface area contributed by atoms with Crippen molar-refractivity contribution >= 4 is 66.7 Å². The molecule has 5 heteroatoms. The van der Waals surface area contributed by atoms with E-state index in [-0.39, 0.29) is 0 Å². The molecule has 0 spiro atoms. The average Bonchev–Trinajstić information content (AvgIpc) is 1.92. The van der Waals surface area contributed by atoms with Crippen molar-refractivity contribution in [2.24, 2.45) is 0 Å². The van der Waals surface area contributed by atoms with Crippen molar-refractivity contribution in [1.82, 2.24) is 0 Å². The van der Waals surface area contributed by atoms with Crippen LogP contribution in [0.4, 0.5) is 0 Å². The molecule has 0 bridgehead atoms. The standard InChI is InChI=1S/C7H3Br2Cl3/c8-5-2-1-4(3-6(5)9)7(10,11)12/h1-3H. The van der Waals surface area contributed by atoms with Gasteiger partial charge in [0, 0.05) is 14.5 Å². The van der Waals surface area contributed by atoms with Crippen molar-refractivity contribution < 1.29 is 0 Å². The molecule has 0 aromatic heterocycles. The van der Waals surface area contributed by atoms with E-state index in [2.05, 4.69) is 31.9 Å². The minimum absolute atomic E-state index is 0.641. The summed E-state index contributed by atoms with van der Waals surface area (Å²) in [5.74, 6) is 0. The number of rotatable bonds is 0. The van der Waals surface area contributed by atoms with E-state index in [0.29, 0.717) is 5.56 Å². The van der Waals surface area contributed by atoms with Gasteiger partial charge < -0.3 is 0 Å². The van der Waals surface area contributed by atoms with E-state index in [1.165, 1.54) is 0 Å². The van der Waals surface area contributed by atoms with Crippen LogP contribution in [0.5, 0.6) is 0 Å². The van der Waals surface area contributed by atoms with Crippen LogP contribution in [0.2, 0.25) is 0 Å². The fourth-order valence-corrected chi connectivity index (χ4v) is 1.65. The van der Waals surface area contributed by atoms with E-state index in [9.17, 15) is 0 Å². The lowest BCUT2D eigenvalue weighted by molar-refractivity contribution is 1.23. The molecule has 66 valence electrons. The molecule has 0 heterocycles. The molecular formula is C7H3Br2Cl3. The van der Waals surface area contributed by atoms with Crippen molar-refractivity contribution in [3.8, 4) is 0 Å². The summed E-state index contributed by atoms with van der Waals surface area (Å²) in [7, 11) is 0. The van der Waals surface area contributed by atoms with Crippen molar-refractivity contribution in [2.75, 3.05) is 0 Å². The maximum atomic E-state index is 5.68.